The first-order valence-corrected chi connectivity index (χ1v) is 9.82. The average molecular weight is 356 g/mol. The molecule has 0 unspecified atom stereocenters. The lowest BCUT2D eigenvalue weighted by Crippen LogP contribution is -2.27. The lowest BCUT2D eigenvalue weighted by atomic mass is 9.73. The molecule has 0 radical (unpaired) electrons. The maximum atomic E-state index is 13.1. The topological polar surface area (TPSA) is 34.1 Å². The average Bonchev–Trinajstić information content (AvgIpc) is 2.73. The van der Waals surface area contributed by atoms with E-state index in [2.05, 4.69) is 18.2 Å². The fourth-order valence-corrected chi connectivity index (χ4v) is 4.31. The van der Waals surface area contributed by atoms with Crippen molar-refractivity contribution in [1.82, 2.24) is 0 Å². The number of fused-ring (bicyclic) bond motifs is 1. The van der Waals surface area contributed by atoms with Crippen LogP contribution in [0.2, 0.25) is 0 Å². The van der Waals surface area contributed by atoms with E-state index in [0.717, 1.165) is 41.2 Å². The van der Waals surface area contributed by atoms with Gasteiger partial charge in [0.15, 0.2) is 5.78 Å². The molecule has 0 saturated heterocycles. The molecule has 2 atom stereocenters. The van der Waals surface area contributed by atoms with E-state index >= 15 is 0 Å². The summed E-state index contributed by atoms with van der Waals surface area (Å²) in [6.45, 7) is 0. The number of rotatable bonds is 5. The zero-order valence-corrected chi connectivity index (χ0v) is 15.4. The molecule has 3 aromatic rings. The molecular formula is C25H24O2. The van der Waals surface area contributed by atoms with Crippen molar-refractivity contribution < 1.29 is 9.59 Å². The van der Waals surface area contributed by atoms with E-state index < -0.39 is 0 Å². The van der Waals surface area contributed by atoms with E-state index in [1.54, 1.807) is 0 Å². The quantitative estimate of drug-likeness (QED) is 0.529. The Labute approximate surface area is 160 Å². The maximum absolute atomic E-state index is 13.1. The SMILES string of the molecule is O=C(C[C@@H](c1ccccc1)[C@@H]1CCCCC1=O)c1ccc2ccccc2c1. The van der Waals surface area contributed by atoms with Gasteiger partial charge in [-0.3, -0.25) is 9.59 Å². The summed E-state index contributed by atoms with van der Waals surface area (Å²) in [6.07, 6.45) is 3.99. The summed E-state index contributed by atoms with van der Waals surface area (Å²) in [5, 5.41) is 2.21. The molecule has 0 spiro atoms. The predicted octanol–water partition coefficient (Wildman–Crippen LogP) is 5.96. The summed E-state index contributed by atoms with van der Waals surface area (Å²) in [5.74, 6) is 0.373. The van der Waals surface area contributed by atoms with Crippen molar-refractivity contribution >= 4 is 22.3 Å². The van der Waals surface area contributed by atoms with Gasteiger partial charge in [0.1, 0.15) is 5.78 Å². The fraction of sp³-hybridized carbons (Fsp3) is 0.280. The predicted molar refractivity (Wildman–Crippen MR) is 109 cm³/mol. The summed E-state index contributed by atoms with van der Waals surface area (Å²) >= 11 is 0. The van der Waals surface area contributed by atoms with Gasteiger partial charge in [-0.05, 0) is 35.2 Å². The molecule has 3 aromatic carbocycles. The van der Waals surface area contributed by atoms with Crippen molar-refractivity contribution in [2.75, 3.05) is 0 Å². The Morgan fingerprint density at radius 2 is 1.63 bits per heavy atom. The van der Waals surface area contributed by atoms with Gasteiger partial charge in [-0.15, -0.1) is 0 Å². The van der Waals surface area contributed by atoms with Crippen LogP contribution in [-0.2, 0) is 4.79 Å². The van der Waals surface area contributed by atoms with E-state index in [9.17, 15) is 9.59 Å². The van der Waals surface area contributed by atoms with Crippen LogP contribution in [0.15, 0.2) is 72.8 Å². The van der Waals surface area contributed by atoms with Gasteiger partial charge in [0.25, 0.3) is 0 Å². The van der Waals surface area contributed by atoms with Gasteiger partial charge >= 0.3 is 0 Å². The Bertz CT molecular complexity index is 958. The van der Waals surface area contributed by atoms with Gasteiger partial charge in [0, 0.05) is 30.2 Å². The lowest BCUT2D eigenvalue weighted by molar-refractivity contribution is -0.125. The van der Waals surface area contributed by atoms with Crippen molar-refractivity contribution in [2.24, 2.45) is 5.92 Å². The molecule has 1 fully saturated rings. The van der Waals surface area contributed by atoms with Crippen molar-refractivity contribution in [2.45, 2.75) is 38.0 Å². The van der Waals surface area contributed by atoms with Crippen molar-refractivity contribution in [1.29, 1.82) is 0 Å². The standard InChI is InChI=1S/C25H24O2/c26-24-13-7-6-12-22(24)23(19-9-2-1-3-10-19)17-25(27)21-15-14-18-8-4-5-11-20(18)16-21/h1-5,8-11,14-16,22-23H,6-7,12-13,17H2/t22-,23-/m0/s1. The summed E-state index contributed by atoms with van der Waals surface area (Å²) in [5.41, 5.74) is 1.84. The number of ketones is 2. The minimum Gasteiger partial charge on any atom is -0.299 e. The Kier molecular flexibility index (Phi) is 5.15. The molecule has 0 amide bonds. The van der Waals surface area contributed by atoms with E-state index in [1.807, 2.05) is 54.6 Å². The molecule has 136 valence electrons. The van der Waals surface area contributed by atoms with Crippen LogP contribution in [0, 0.1) is 5.92 Å². The van der Waals surface area contributed by atoms with Crippen molar-refractivity contribution in [3.05, 3.63) is 83.9 Å². The minimum absolute atomic E-state index is 0.0297. The number of Topliss-reactive ketones (excluding diaryl/α,β-unsaturated/α-hetero) is 2. The molecule has 4 rings (SSSR count). The Hall–Kier alpha value is -2.74. The minimum atomic E-state index is -0.0365. The van der Waals surface area contributed by atoms with E-state index in [1.165, 1.54) is 0 Å². The summed E-state index contributed by atoms with van der Waals surface area (Å²) in [7, 11) is 0. The third-order valence-corrected chi connectivity index (χ3v) is 5.79. The maximum Gasteiger partial charge on any atom is 0.163 e. The number of carbonyl (C=O) groups is 2. The highest BCUT2D eigenvalue weighted by Crippen LogP contribution is 2.37. The van der Waals surface area contributed by atoms with Crippen LogP contribution in [0.5, 0.6) is 0 Å². The molecule has 1 aliphatic carbocycles. The summed E-state index contributed by atoms with van der Waals surface area (Å²) in [4.78, 5) is 25.7. The van der Waals surface area contributed by atoms with Gasteiger partial charge in [-0.2, -0.15) is 0 Å². The van der Waals surface area contributed by atoms with Gasteiger partial charge in [-0.1, -0.05) is 73.2 Å². The van der Waals surface area contributed by atoms with Gasteiger partial charge in [0.2, 0.25) is 0 Å². The number of hydrogen-bond donors (Lipinski definition) is 0. The summed E-state index contributed by atoms with van der Waals surface area (Å²) < 4.78 is 0. The largest absolute Gasteiger partial charge is 0.299 e. The van der Waals surface area contributed by atoms with Crippen molar-refractivity contribution in [3.8, 4) is 0 Å². The van der Waals surface area contributed by atoms with E-state index in [4.69, 9.17) is 0 Å². The van der Waals surface area contributed by atoms with Gasteiger partial charge in [0.05, 0.1) is 0 Å². The Morgan fingerprint density at radius 3 is 2.41 bits per heavy atom. The van der Waals surface area contributed by atoms with Crippen molar-refractivity contribution in [3.63, 3.8) is 0 Å². The van der Waals surface area contributed by atoms with Crippen LogP contribution in [0.3, 0.4) is 0 Å². The molecule has 2 nitrogen and oxygen atoms in total. The third-order valence-electron chi connectivity index (χ3n) is 5.79. The molecule has 1 aliphatic rings. The Morgan fingerprint density at radius 1 is 0.889 bits per heavy atom. The molecule has 0 aliphatic heterocycles. The molecule has 0 heterocycles. The molecule has 27 heavy (non-hydrogen) atoms. The zero-order valence-electron chi connectivity index (χ0n) is 15.4. The molecule has 0 bridgehead atoms. The summed E-state index contributed by atoms with van der Waals surface area (Å²) in [6, 6.07) is 24.1. The van der Waals surface area contributed by atoms with Crippen LogP contribution in [-0.4, -0.2) is 11.6 Å². The molecule has 0 N–H and O–H groups in total. The third kappa shape index (κ3) is 3.85. The van der Waals surface area contributed by atoms with E-state index in [0.29, 0.717) is 18.6 Å². The normalized spacial score (nSPS) is 18.4. The molecule has 2 heteroatoms. The van der Waals surface area contributed by atoms with Crippen LogP contribution in [0.25, 0.3) is 10.8 Å². The smallest absolute Gasteiger partial charge is 0.163 e. The second-order valence-electron chi connectivity index (χ2n) is 7.52. The second-order valence-corrected chi connectivity index (χ2v) is 7.52. The van der Waals surface area contributed by atoms with Crippen LogP contribution < -0.4 is 0 Å². The highest BCUT2D eigenvalue weighted by atomic mass is 16.1. The molecule has 1 saturated carbocycles. The highest BCUT2D eigenvalue weighted by Gasteiger charge is 2.32. The number of hydrogen-bond acceptors (Lipinski definition) is 2. The van der Waals surface area contributed by atoms with Crippen LogP contribution >= 0.6 is 0 Å². The number of carbonyl (C=O) groups excluding carboxylic acids is 2. The second kappa shape index (κ2) is 7.87. The van der Waals surface area contributed by atoms with Gasteiger partial charge in [-0.25, -0.2) is 0 Å². The first-order chi connectivity index (χ1) is 13.2. The van der Waals surface area contributed by atoms with Gasteiger partial charge < -0.3 is 0 Å². The Balaban J connectivity index is 1.63. The van der Waals surface area contributed by atoms with Crippen LogP contribution in [0.1, 0.15) is 53.9 Å². The highest BCUT2D eigenvalue weighted by molar-refractivity contribution is 6.00. The zero-order chi connectivity index (χ0) is 18.6. The lowest BCUT2D eigenvalue weighted by Gasteiger charge is -2.29. The van der Waals surface area contributed by atoms with Crippen LogP contribution in [0.4, 0.5) is 0 Å². The van der Waals surface area contributed by atoms with E-state index in [-0.39, 0.29) is 17.6 Å². The molecule has 0 aromatic heterocycles. The first kappa shape index (κ1) is 17.7. The first-order valence-electron chi connectivity index (χ1n) is 9.82. The molecular weight excluding hydrogens is 332 g/mol. The fourth-order valence-electron chi connectivity index (χ4n) is 4.31. The monoisotopic (exact) mass is 356 g/mol. The number of benzene rings is 3.